The van der Waals surface area contributed by atoms with Crippen molar-refractivity contribution >= 4 is 15.9 Å². The Balaban J connectivity index is 2.22. The number of hydrogen-bond donors (Lipinski definition) is 1. The number of rotatable bonds is 4. The van der Waals surface area contributed by atoms with Gasteiger partial charge in [-0.2, -0.15) is 4.31 Å². The number of ether oxygens (including phenoxy) is 1. The molecule has 1 fully saturated rings. The third-order valence-electron chi connectivity index (χ3n) is 4.13. The van der Waals surface area contributed by atoms with Crippen molar-refractivity contribution in [3.63, 3.8) is 0 Å². The second-order valence-electron chi connectivity index (χ2n) is 5.97. The Bertz CT molecular complexity index is 669. The SMILES string of the molecule is COc1cc(C)c(S(=O)(=O)N2CCC(NC(C)=O)CC2)c(C)c1. The normalized spacial score (nSPS) is 17.0. The molecule has 6 nitrogen and oxygen atoms in total. The number of amides is 1. The largest absolute Gasteiger partial charge is 0.497 e. The maximum Gasteiger partial charge on any atom is 0.243 e. The number of nitrogens with zero attached hydrogens (tertiary/aromatic N) is 1. The first-order valence-corrected chi connectivity index (χ1v) is 9.12. The predicted molar refractivity (Wildman–Crippen MR) is 88.1 cm³/mol. The van der Waals surface area contributed by atoms with Crippen LogP contribution in [0.25, 0.3) is 0 Å². The molecule has 23 heavy (non-hydrogen) atoms. The van der Waals surface area contributed by atoms with Crippen molar-refractivity contribution in [1.29, 1.82) is 0 Å². The lowest BCUT2D eigenvalue weighted by atomic mass is 10.1. The number of sulfonamides is 1. The molecule has 0 radical (unpaired) electrons. The van der Waals surface area contributed by atoms with Crippen molar-refractivity contribution < 1.29 is 17.9 Å². The molecule has 1 heterocycles. The highest BCUT2D eigenvalue weighted by molar-refractivity contribution is 7.89. The molecular formula is C16H24N2O4S. The second kappa shape index (κ2) is 6.88. The minimum absolute atomic E-state index is 0.0528. The first-order chi connectivity index (χ1) is 10.8. The van der Waals surface area contributed by atoms with E-state index in [9.17, 15) is 13.2 Å². The predicted octanol–water partition coefficient (Wildman–Crippen LogP) is 1.60. The molecular weight excluding hydrogens is 316 g/mol. The van der Waals surface area contributed by atoms with Gasteiger partial charge in [0.15, 0.2) is 0 Å². The third kappa shape index (κ3) is 3.84. The summed E-state index contributed by atoms with van der Waals surface area (Å²) in [6.45, 7) is 5.88. The Hall–Kier alpha value is -1.60. The summed E-state index contributed by atoms with van der Waals surface area (Å²) < 4.78 is 32.6. The van der Waals surface area contributed by atoms with Crippen LogP contribution in [0, 0.1) is 13.8 Å². The van der Waals surface area contributed by atoms with E-state index in [0.29, 0.717) is 47.7 Å². The molecule has 1 aliphatic rings. The fraction of sp³-hybridized carbons (Fsp3) is 0.562. The first kappa shape index (κ1) is 17.7. The second-order valence-corrected chi connectivity index (χ2v) is 7.84. The van der Waals surface area contributed by atoms with E-state index in [-0.39, 0.29) is 11.9 Å². The van der Waals surface area contributed by atoms with Crippen LogP contribution in [0.3, 0.4) is 0 Å². The summed E-state index contributed by atoms with van der Waals surface area (Å²) in [6, 6.07) is 3.53. The van der Waals surface area contributed by atoms with Gasteiger partial charge in [-0.15, -0.1) is 0 Å². The number of hydrogen-bond acceptors (Lipinski definition) is 4. The minimum atomic E-state index is -3.54. The lowest BCUT2D eigenvalue weighted by Gasteiger charge is -2.32. The molecule has 128 valence electrons. The zero-order valence-electron chi connectivity index (χ0n) is 14.0. The number of piperidine rings is 1. The van der Waals surface area contributed by atoms with Crippen molar-refractivity contribution in [1.82, 2.24) is 9.62 Å². The number of nitrogens with one attached hydrogen (secondary N) is 1. The Kier molecular flexibility index (Phi) is 5.31. The summed E-state index contributed by atoms with van der Waals surface area (Å²) in [4.78, 5) is 11.5. The lowest BCUT2D eigenvalue weighted by Crippen LogP contribution is -2.46. The average molecular weight is 340 g/mol. The van der Waals surface area contributed by atoms with Gasteiger partial charge in [0.1, 0.15) is 5.75 Å². The topological polar surface area (TPSA) is 75.7 Å². The Morgan fingerprint density at radius 1 is 1.22 bits per heavy atom. The standard InChI is InChI=1S/C16H24N2O4S/c1-11-9-15(22-4)10-12(2)16(11)23(20,21)18-7-5-14(6-8-18)17-13(3)19/h9-10,14H,5-8H2,1-4H3,(H,17,19). The smallest absolute Gasteiger partial charge is 0.243 e. The van der Waals surface area contributed by atoms with Crippen LogP contribution in [0.4, 0.5) is 0 Å². The average Bonchev–Trinajstić information content (AvgIpc) is 2.46. The summed E-state index contributed by atoms with van der Waals surface area (Å²) in [7, 11) is -1.97. The number of methoxy groups -OCH3 is 1. The van der Waals surface area contributed by atoms with Gasteiger partial charge in [0.2, 0.25) is 15.9 Å². The summed E-state index contributed by atoms with van der Waals surface area (Å²) in [5, 5.41) is 2.85. The molecule has 1 N–H and O–H groups in total. The molecule has 2 rings (SSSR count). The van der Waals surface area contributed by atoms with Gasteiger partial charge in [0.25, 0.3) is 0 Å². The molecule has 1 aromatic rings. The fourth-order valence-electron chi connectivity index (χ4n) is 3.09. The molecule has 0 aliphatic carbocycles. The van der Waals surface area contributed by atoms with E-state index in [4.69, 9.17) is 4.74 Å². The van der Waals surface area contributed by atoms with E-state index < -0.39 is 10.0 Å². The van der Waals surface area contributed by atoms with Crippen molar-refractivity contribution in [2.75, 3.05) is 20.2 Å². The molecule has 7 heteroatoms. The Morgan fingerprint density at radius 3 is 2.17 bits per heavy atom. The Labute approximate surface area is 137 Å². The van der Waals surface area contributed by atoms with Gasteiger partial charge in [0.05, 0.1) is 12.0 Å². The van der Waals surface area contributed by atoms with E-state index >= 15 is 0 Å². The minimum Gasteiger partial charge on any atom is -0.497 e. The molecule has 0 saturated carbocycles. The summed E-state index contributed by atoms with van der Waals surface area (Å²) >= 11 is 0. The van der Waals surface area contributed by atoms with Crippen LogP contribution in [0.1, 0.15) is 30.9 Å². The lowest BCUT2D eigenvalue weighted by molar-refractivity contribution is -0.119. The number of benzene rings is 1. The zero-order valence-corrected chi connectivity index (χ0v) is 14.9. The summed E-state index contributed by atoms with van der Waals surface area (Å²) in [6.07, 6.45) is 1.26. The van der Waals surface area contributed by atoms with Crippen molar-refractivity contribution in [3.05, 3.63) is 23.3 Å². The van der Waals surface area contributed by atoms with E-state index in [1.165, 1.54) is 11.2 Å². The summed E-state index contributed by atoms with van der Waals surface area (Å²) in [5.41, 5.74) is 1.37. The van der Waals surface area contributed by atoms with Gasteiger partial charge in [-0.25, -0.2) is 8.42 Å². The van der Waals surface area contributed by atoms with Crippen LogP contribution < -0.4 is 10.1 Å². The highest BCUT2D eigenvalue weighted by Gasteiger charge is 2.31. The molecule has 0 atom stereocenters. The molecule has 0 bridgehead atoms. The highest BCUT2D eigenvalue weighted by atomic mass is 32.2. The van der Waals surface area contributed by atoms with Gasteiger partial charge >= 0.3 is 0 Å². The van der Waals surface area contributed by atoms with E-state index in [0.717, 1.165) is 0 Å². The van der Waals surface area contributed by atoms with E-state index in [1.807, 2.05) is 0 Å². The van der Waals surface area contributed by atoms with Crippen molar-refractivity contribution in [2.45, 2.75) is 44.6 Å². The van der Waals surface area contributed by atoms with Gasteiger partial charge in [-0.1, -0.05) is 0 Å². The quantitative estimate of drug-likeness (QED) is 0.903. The number of aryl methyl sites for hydroxylation is 2. The van der Waals surface area contributed by atoms with Crippen molar-refractivity contribution in [2.24, 2.45) is 0 Å². The monoisotopic (exact) mass is 340 g/mol. The summed E-state index contributed by atoms with van der Waals surface area (Å²) in [5.74, 6) is 0.580. The van der Waals surface area contributed by atoms with Crippen molar-refractivity contribution in [3.8, 4) is 5.75 Å². The van der Waals surface area contributed by atoms with Crippen LogP contribution >= 0.6 is 0 Å². The number of carbonyl (C=O) groups excluding carboxylic acids is 1. The molecule has 0 aromatic heterocycles. The molecule has 1 aromatic carbocycles. The van der Waals surface area contributed by atoms with Crippen LogP contribution in [0.2, 0.25) is 0 Å². The maximum absolute atomic E-state index is 13.0. The molecule has 1 aliphatic heterocycles. The van der Waals surface area contributed by atoms with Crippen LogP contribution in [0.15, 0.2) is 17.0 Å². The van der Waals surface area contributed by atoms with Gasteiger partial charge < -0.3 is 10.1 Å². The highest BCUT2D eigenvalue weighted by Crippen LogP contribution is 2.29. The van der Waals surface area contributed by atoms with E-state index in [2.05, 4.69) is 5.32 Å². The molecule has 0 spiro atoms. The van der Waals surface area contributed by atoms with Crippen LogP contribution in [0.5, 0.6) is 5.75 Å². The van der Waals surface area contributed by atoms with Gasteiger partial charge in [-0.05, 0) is 49.9 Å². The fourth-order valence-corrected chi connectivity index (χ4v) is 4.97. The zero-order chi connectivity index (χ0) is 17.2. The molecule has 0 unspecified atom stereocenters. The molecule has 1 amide bonds. The van der Waals surface area contributed by atoms with Gasteiger partial charge in [0, 0.05) is 26.1 Å². The van der Waals surface area contributed by atoms with Gasteiger partial charge in [-0.3, -0.25) is 4.79 Å². The number of carbonyl (C=O) groups is 1. The third-order valence-corrected chi connectivity index (χ3v) is 6.33. The van der Waals surface area contributed by atoms with E-state index in [1.54, 1.807) is 33.1 Å². The van der Waals surface area contributed by atoms with Crippen LogP contribution in [-0.2, 0) is 14.8 Å². The van der Waals surface area contributed by atoms with Crippen LogP contribution in [-0.4, -0.2) is 44.9 Å². The maximum atomic E-state index is 13.0. The molecule has 1 saturated heterocycles. The first-order valence-electron chi connectivity index (χ1n) is 7.68. The Morgan fingerprint density at radius 2 is 1.74 bits per heavy atom.